The van der Waals surface area contributed by atoms with Crippen LogP contribution in [0.2, 0.25) is 0 Å². The van der Waals surface area contributed by atoms with Crippen molar-refractivity contribution in [3.05, 3.63) is 41.0 Å². The lowest BCUT2D eigenvalue weighted by molar-refractivity contribution is -0.141. The summed E-state index contributed by atoms with van der Waals surface area (Å²) in [6.45, 7) is 1.72. The Morgan fingerprint density at radius 2 is 2.32 bits per heavy atom. The van der Waals surface area contributed by atoms with Gasteiger partial charge >= 0.3 is 5.97 Å². The zero-order valence-corrected chi connectivity index (χ0v) is 14.6. The van der Waals surface area contributed by atoms with Gasteiger partial charge in [0.25, 0.3) is 0 Å². The van der Waals surface area contributed by atoms with E-state index in [2.05, 4.69) is 43.6 Å². The summed E-state index contributed by atoms with van der Waals surface area (Å²) < 4.78 is 6.25. The Morgan fingerprint density at radius 3 is 3.04 bits per heavy atom. The summed E-state index contributed by atoms with van der Waals surface area (Å²) in [5.41, 5.74) is 2.03. The molecule has 1 aliphatic heterocycles. The van der Waals surface area contributed by atoms with Gasteiger partial charge in [-0.05, 0) is 23.4 Å². The van der Waals surface area contributed by atoms with Crippen molar-refractivity contribution < 1.29 is 9.53 Å². The summed E-state index contributed by atoms with van der Waals surface area (Å²) in [7, 11) is 1.36. The molecule has 8 heteroatoms. The van der Waals surface area contributed by atoms with E-state index in [0.717, 1.165) is 30.7 Å². The number of carbonyl (C=O) groups excluding carboxylic acids is 1. The second-order valence-corrected chi connectivity index (χ2v) is 6.66. The van der Waals surface area contributed by atoms with Gasteiger partial charge in [-0.25, -0.2) is 14.6 Å². The number of rotatable bonds is 4. The molecule has 0 aromatic carbocycles. The molecule has 128 valence electrons. The average molecular weight is 355 g/mol. The van der Waals surface area contributed by atoms with E-state index in [4.69, 9.17) is 4.74 Å². The van der Waals surface area contributed by atoms with E-state index < -0.39 is 0 Å². The van der Waals surface area contributed by atoms with Gasteiger partial charge in [-0.2, -0.15) is 5.10 Å². The Labute approximate surface area is 148 Å². The van der Waals surface area contributed by atoms with Gasteiger partial charge in [-0.1, -0.05) is 12.1 Å². The van der Waals surface area contributed by atoms with Gasteiger partial charge in [0.05, 0.1) is 18.7 Å². The first-order valence-corrected chi connectivity index (χ1v) is 8.85. The number of ether oxygens (including phenoxy) is 1. The molecule has 0 spiro atoms. The lowest BCUT2D eigenvalue weighted by Gasteiger charge is -2.27. The van der Waals surface area contributed by atoms with Crippen LogP contribution in [0.3, 0.4) is 0 Å². The SMILES string of the molecule is COC(=O)Cn1ncc2c(N3CC=C(c4cccs4)CC3)ncnc21. The summed E-state index contributed by atoms with van der Waals surface area (Å²) >= 11 is 1.77. The summed E-state index contributed by atoms with van der Waals surface area (Å²) in [5.74, 6) is 0.495. The highest BCUT2D eigenvalue weighted by Gasteiger charge is 2.19. The number of hydrogen-bond acceptors (Lipinski definition) is 7. The van der Waals surface area contributed by atoms with E-state index in [1.807, 2.05) is 0 Å². The molecule has 3 aromatic rings. The van der Waals surface area contributed by atoms with Crippen molar-refractivity contribution in [2.24, 2.45) is 0 Å². The van der Waals surface area contributed by atoms with E-state index in [9.17, 15) is 4.79 Å². The molecule has 3 aromatic heterocycles. The number of thiophene rings is 1. The molecule has 0 radical (unpaired) electrons. The molecule has 0 unspecified atom stereocenters. The first kappa shape index (κ1) is 15.8. The van der Waals surface area contributed by atoms with Crippen LogP contribution in [0.5, 0.6) is 0 Å². The molecule has 7 nitrogen and oxygen atoms in total. The third kappa shape index (κ3) is 3.00. The van der Waals surface area contributed by atoms with Gasteiger partial charge < -0.3 is 9.64 Å². The molecule has 0 atom stereocenters. The maximum absolute atomic E-state index is 11.5. The zero-order valence-electron chi connectivity index (χ0n) is 13.8. The molecule has 0 amide bonds. The van der Waals surface area contributed by atoms with Gasteiger partial charge in [0.1, 0.15) is 18.7 Å². The molecule has 0 N–H and O–H groups in total. The lowest BCUT2D eigenvalue weighted by Crippen LogP contribution is -2.29. The summed E-state index contributed by atoms with van der Waals surface area (Å²) in [6.07, 6.45) is 6.46. The van der Waals surface area contributed by atoms with E-state index in [0.29, 0.717) is 5.65 Å². The average Bonchev–Trinajstić information content (AvgIpc) is 3.32. The number of anilines is 1. The van der Waals surface area contributed by atoms with Gasteiger partial charge in [0.2, 0.25) is 0 Å². The molecule has 1 aliphatic rings. The molecular weight excluding hydrogens is 338 g/mol. The maximum Gasteiger partial charge on any atom is 0.327 e. The van der Waals surface area contributed by atoms with Crippen molar-refractivity contribution in [3.8, 4) is 0 Å². The first-order chi connectivity index (χ1) is 12.3. The standard InChI is InChI=1S/C17H17N5O2S/c1-24-15(23)10-22-17-13(9-20-22)16(18-11-19-17)21-6-4-12(5-7-21)14-3-2-8-25-14/h2-4,8-9,11H,5-7,10H2,1H3. The van der Waals surface area contributed by atoms with Gasteiger partial charge in [-0.15, -0.1) is 11.3 Å². The van der Waals surface area contributed by atoms with Crippen LogP contribution in [0, 0.1) is 0 Å². The fraction of sp³-hybridized carbons (Fsp3) is 0.294. The monoisotopic (exact) mass is 355 g/mol. The largest absolute Gasteiger partial charge is 0.468 e. The van der Waals surface area contributed by atoms with Crippen molar-refractivity contribution in [2.45, 2.75) is 13.0 Å². The van der Waals surface area contributed by atoms with E-state index in [-0.39, 0.29) is 12.5 Å². The molecule has 4 heterocycles. The lowest BCUT2D eigenvalue weighted by atomic mass is 10.1. The second kappa shape index (κ2) is 6.64. The highest BCUT2D eigenvalue weighted by atomic mass is 32.1. The van der Waals surface area contributed by atoms with Crippen molar-refractivity contribution in [2.75, 3.05) is 25.1 Å². The van der Waals surface area contributed by atoms with Gasteiger partial charge in [0.15, 0.2) is 5.65 Å². The Kier molecular flexibility index (Phi) is 4.19. The Morgan fingerprint density at radius 1 is 1.40 bits per heavy atom. The quantitative estimate of drug-likeness (QED) is 0.669. The molecule has 0 saturated carbocycles. The van der Waals surface area contributed by atoms with Crippen LogP contribution in [0.15, 0.2) is 36.1 Å². The molecular formula is C17H17N5O2S. The maximum atomic E-state index is 11.5. The summed E-state index contributed by atoms with van der Waals surface area (Å²) in [5, 5.41) is 7.22. The molecule has 0 saturated heterocycles. The minimum atomic E-state index is -0.355. The second-order valence-electron chi connectivity index (χ2n) is 5.72. The van der Waals surface area contributed by atoms with Crippen LogP contribution in [0.1, 0.15) is 11.3 Å². The van der Waals surface area contributed by atoms with Crippen LogP contribution >= 0.6 is 11.3 Å². The highest BCUT2D eigenvalue weighted by molar-refractivity contribution is 7.11. The number of fused-ring (bicyclic) bond motifs is 1. The predicted octanol–water partition coefficient (Wildman–Crippen LogP) is 2.35. The third-order valence-corrected chi connectivity index (χ3v) is 5.21. The van der Waals surface area contributed by atoms with E-state index in [1.54, 1.807) is 22.2 Å². The van der Waals surface area contributed by atoms with E-state index in [1.165, 1.54) is 23.9 Å². The fourth-order valence-corrected chi connectivity index (χ4v) is 3.78. The number of carbonyl (C=O) groups is 1. The number of methoxy groups -OCH3 is 1. The Hall–Kier alpha value is -2.74. The molecule has 25 heavy (non-hydrogen) atoms. The van der Waals surface area contributed by atoms with Crippen molar-refractivity contribution in [3.63, 3.8) is 0 Å². The Balaban J connectivity index is 1.61. The molecule has 0 aliphatic carbocycles. The van der Waals surface area contributed by atoms with Crippen molar-refractivity contribution in [1.29, 1.82) is 0 Å². The van der Waals surface area contributed by atoms with Crippen LogP contribution in [-0.2, 0) is 16.1 Å². The zero-order chi connectivity index (χ0) is 17.2. The number of esters is 1. The first-order valence-electron chi connectivity index (χ1n) is 7.97. The highest BCUT2D eigenvalue weighted by Crippen LogP contribution is 2.30. The smallest absolute Gasteiger partial charge is 0.327 e. The summed E-state index contributed by atoms with van der Waals surface area (Å²) in [6, 6.07) is 4.24. The number of hydrogen-bond donors (Lipinski definition) is 0. The minimum Gasteiger partial charge on any atom is -0.468 e. The third-order valence-electron chi connectivity index (χ3n) is 4.27. The van der Waals surface area contributed by atoms with Crippen LogP contribution in [0.25, 0.3) is 16.6 Å². The topological polar surface area (TPSA) is 73.1 Å². The van der Waals surface area contributed by atoms with Crippen LogP contribution in [0.4, 0.5) is 5.82 Å². The minimum absolute atomic E-state index is 0.0406. The summed E-state index contributed by atoms with van der Waals surface area (Å²) in [4.78, 5) is 23.8. The number of nitrogens with zero attached hydrogens (tertiary/aromatic N) is 5. The normalized spacial score (nSPS) is 14.6. The fourth-order valence-electron chi connectivity index (χ4n) is 2.98. The predicted molar refractivity (Wildman–Crippen MR) is 96.5 cm³/mol. The van der Waals surface area contributed by atoms with Crippen LogP contribution in [-0.4, -0.2) is 45.9 Å². The Bertz CT molecular complexity index is 932. The van der Waals surface area contributed by atoms with E-state index >= 15 is 0 Å². The van der Waals surface area contributed by atoms with Crippen molar-refractivity contribution in [1.82, 2.24) is 19.7 Å². The molecule has 4 rings (SSSR count). The number of aromatic nitrogens is 4. The molecule has 0 fully saturated rings. The van der Waals surface area contributed by atoms with Crippen molar-refractivity contribution >= 4 is 39.7 Å². The van der Waals surface area contributed by atoms with Crippen LogP contribution < -0.4 is 4.90 Å². The molecule has 0 bridgehead atoms. The van der Waals surface area contributed by atoms with Gasteiger partial charge in [-0.3, -0.25) is 4.79 Å². The van der Waals surface area contributed by atoms with Gasteiger partial charge in [0, 0.05) is 18.0 Å².